The Morgan fingerprint density at radius 1 is 1.00 bits per heavy atom. The van der Waals surface area contributed by atoms with Crippen molar-refractivity contribution >= 4 is 17.6 Å². The van der Waals surface area contributed by atoms with Gasteiger partial charge in [-0.1, -0.05) is 6.07 Å². The van der Waals surface area contributed by atoms with Crippen molar-refractivity contribution in [1.82, 2.24) is 0 Å². The molecule has 3 N–H and O–H groups in total. The third-order valence-electron chi connectivity index (χ3n) is 3.57. The van der Waals surface area contributed by atoms with E-state index in [1.165, 1.54) is 49.2 Å². The fraction of sp³-hybridized carbons (Fsp3) is 0.429. The summed E-state index contributed by atoms with van der Waals surface area (Å²) in [5.74, 6) is -3.15. The summed E-state index contributed by atoms with van der Waals surface area (Å²) in [7, 11) is 0. The van der Waals surface area contributed by atoms with Crippen LogP contribution in [0.2, 0.25) is 0 Å². The second kappa shape index (κ2) is 5.81. The second-order valence-electron chi connectivity index (χ2n) is 4.88. The lowest BCUT2D eigenvalue weighted by molar-refractivity contribution is -0.159. The summed E-state index contributed by atoms with van der Waals surface area (Å²) < 4.78 is 0. The molecule has 2 aliphatic heterocycles. The van der Waals surface area contributed by atoms with Gasteiger partial charge in [-0.3, -0.25) is 0 Å². The van der Waals surface area contributed by atoms with E-state index in [2.05, 4.69) is 11.0 Å². The lowest BCUT2D eigenvalue weighted by Gasteiger charge is -2.36. The maximum Gasteiger partial charge on any atom is 0.414 e. The van der Waals surface area contributed by atoms with Crippen LogP contribution in [0.5, 0.6) is 5.75 Å². The van der Waals surface area contributed by atoms with Crippen molar-refractivity contribution in [2.75, 3.05) is 18.0 Å². The average Bonchev–Trinajstić information content (AvgIpc) is 2.44. The average molecular weight is 279 g/mol. The predicted molar refractivity (Wildman–Crippen MR) is 72.2 cm³/mol. The van der Waals surface area contributed by atoms with Crippen LogP contribution < -0.4 is 4.90 Å². The first-order valence-electron chi connectivity index (χ1n) is 6.55. The number of aromatic hydroxyl groups is 1. The van der Waals surface area contributed by atoms with Gasteiger partial charge in [-0.15, -0.1) is 0 Å². The Morgan fingerprint density at radius 3 is 2.20 bits per heavy atom. The maximum atomic E-state index is 9.79. The number of carbonyl (C=O) groups is 2. The minimum absolute atomic E-state index is 0.496. The highest BCUT2D eigenvalue weighted by molar-refractivity contribution is 6.27. The van der Waals surface area contributed by atoms with Gasteiger partial charge in [0.25, 0.3) is 0 Å². The molecule has 0 atom stereocenters. The lowest BCUT2D eigenvalue weighted by atomic mass is 9.91. The number of aliphatic carboxylic acids is 2. The van der Waals surface area contributed by atoms with Crippen LogP contribution in [0.1, 0.15) is 24.0 Å². The number of aryl methyl sites for hydroxylation is 1. The first kappa shape index (κ1) is 14.2. The normalized spacial score (nSPS) is 15.7. The highest BCUT2D eigenvalue weighted by Gasteiger charge is 2.25. The Morgan fingerprint density at radius 2 is 1.60 bits per heavy atom. The van der Waals surface area contributed by atoms with E-state index in [1.54, 1.807) is 0 Å². The van der Waals surface area contributed by atoms with Gasteiger partial charge in [0, 0.05) is 24.3 Å². The third kappa shape index (κ3) is 2.84. The van der Waals surface area contributed by atoms with Gasteiger partial charge in [0.15, 0.2) is 0 Å². The molecule has 0 spiro atoms. The predicted octanol–water partition coefficient (Wildman–Crippen LogP) is 1.25. The SMILES string of the molecule is O=C(O)C(=O)O.Oc1ccc2c3c1CCCN3CCC2. The first-order chi connectivity index (χ1) is 9.50. The van der Waals surface area contributed by atoms with E-state index < -0.39 is 11.9 Å². The summed E-state index contributed by atoms with van der Waals surface area (Å²) in [5.41, 5.74) is 3.97. The number of benzene rings is 1. The molecular formula is C14H17NO5. The minimum atomic E-state index is -1.82. The van der Waals surface area contributed by atoms with Crippen LogP contribution in [-0.2, 0) is 22.4 Å². The van der Waals surface area contributed by atoms with E-state index in [1.807, 2.05) is 6.07 Å². The number of anilines is 1. The number of carboxylic acids is 2. The molecule has 0 aromatic heterocycles. The van der Waals surface area contributed by atoms with Crippen LogP contribution in [-0.4, -0.2) is 40.3 Å². The van der Waals surface area contributed by atoms with E-state index >= 15 is 0 Å². The van der Waals surface area contributed by atoms with Crippen LogP contribution in [0.25, 0.3) is 0 Å². The van der Waals surface area contributed by atoms with E-state index in [9.17, 15) is 5.11 Å². The Bertz CT molecular complexity index is 527. The molecule has 0 aliphatic carbocycles. The zero-order valence-corrected chi connectivity index (χ0v) is 11.0. The minimum Gasteiger partial charge on any atom is -0.508 e. The molecule has 2 aliphatic rings. The number of carboxylic acid groups (broad SMARTS) is 2. The number of hydrogen-bond donors (Lipinski definition) is 3. The van der Waals surface area contributed by atoms with Crippen molar-refractivity contribution in [2.45, 2.75) is 25.7 Å². The summed E-state index contributed by atoms with van der Waals surface area (Å²) in [5, 5.41) is 24.6. The van der Waals surface area contributed by atoms with E-state index in [0.29, 0.717) is 5.75 Å². The van der Waals surface area contributed by atoms with Crippen LogP contribution in [0.3, 0.4) is 0 Å². The van der Waals surface area contributed by atoms with Gasteiger partial charge >= 0.3 is 11.9 Å². The molecular weight excluding hydrogens is 262 g/mol. The molecule has 20 heavy (non-hydrogen) atoms. The molecule has 2 heterocycles. The van der Waals surface area contributed by atoms with Gasteiger partial charge in [-0.05, 0) is 37.3 Å². The molecule has 0 unspecified atom stereocenters. The Labute approximate surface area is 116 Å². The molecule has 1 aromatic rings. The van der Waals surface area contributed by atoms with Crippen molar-refractivity contribution in [3.05, 3.63) is 23.3 Å². The largest absolute Gasteiger partial charge is 0.508 e. The van der Waals surface area contributed by atoms with Gasteiger partial charge in [-0.2, -0.15) is 0 Å². The number of phenols is 1. The van der Waals surface area contributed by atoms with Gasteiger partial charge in [0.2, 0.25) is 0 Å². The van der Waals surface area contributed by atoms with Crippen LogP contribution in [0.15, 0.2) is 12.1 Å². The Hall–Kier alpha value is -2.24. The standard InChI is InChI=1S/C12H15NO.C2H2O4/c14-11-6-5-9-3-1-7-13-8-2-4-10(11)12(9)13;3-1(4)2(5)6/h5-6,14H,1-4,7-8H2;(H,3,4)(H,5,6). The molecule has 0 fully saturated rings. The monoisotopic (exact) mass is 279 g/mol. The van der Waals surface area contributed by atoms with Crippen molar-refractivity contribution in [2.24, 2.45) is 0 Å². The molecule has 0 radical (unpaired) electrons. The van der Waals surface area contributed by atoms with E-state index in [-0.39, 0.29) is 0 Å². The molecule has 0 bridgehead atoms. The third-order valence-corrected chi connectivity index (χ3v) is 3.57. The summed E-state index contributed by atoms with van der Waals surface area (Å²) >= 11 is 0. The summed E-state index contributed by atoms with van der Waals surface area (Å²) in [4.78, 5) is 20.6. The Kier molecular flexibility index (Phi) is 4.12. The number of hydrogen-bond acceptors (Lipinski definition) is 4. The van der Waals surface area contributed by atoms with E-state index in [4.69, 9.17) is 19.8 Å². The summed E-state index contributed by atoms with van der Waals surface area (Å²) in [6, 6.07) is 3.95. The van der Waals surface area contributed by atoms with Crippen molar-refractivity contribution in [3.63, 3.8) is 0 Å². The number of phenolic OH excluding ortho intramolecular Hbond substituents is 1. The smallest absolute Gasteiger partial charge is 0.414 e. The van der Waals surface area contributed by atoms with Gasteiger partial charge in [-0.25, -0.2) is 9.59 Å². The first-order valence-corrected chi connectivity index (χ1v) is 6.55. The van der Waals surface area contributed by atoms with Gasteiger partial charge < -0.3 is 20.2 Å². The zero-order chi connectivity index (χ0) is 14.7. The fourth-order valence-electron chi connectivity index (χ4n) is 2.76. The molecule has 0 saturated carbocycles. The molecule has 6 heteroatoms. The molecule has 6 nitrogen and oxygen atoms in total. The molecule has 1 aromatic carbocycles. The van der Waals surface area contributed by atoms with Crippen LogP contribution >= 0.6 is 0 Å². The van der Waals surface area contributed by atoms with Crippen LogP contribution in [0, 0.1) is 0 Å². The molecule has 3 rings (SSSR count). The quantitative estimate of drug-likeness (QED) is 0.618. The fourth-order valence-corrected chi connectivity index (χ4v) is 2.76. The highest BCUT2D eigenvalue weighted by Crippen LogP contribution is 2.39. The van der Waals surface area contributed by atoms with Crippen LogP contribution in [0.4, 0.5) is 5.69 Å². The van der Waals surface area contributed by atoms with Crippen molar-refractivity contribution in [1.29, 1.82) is 0 Å². The van der Waals surface area contributed by atoms with Crippen molar-refractivity contribution in [3.8, 4) is 5.75 Å². The number of nitrogens with zero attached hydrogens (tertiary/aromatic N) is 1. The molecule has 0 amide bonds. The summed E-state index contributed by atoms with van der Waals surface area (Å²) in [6.45, 7) is 2.34. The zero-order valence-electron chi connectivity index (χ0n) is 11.0. The molecule has 108 valence electrons. The van der Waals surface area contributed by atoms with Gasteiger partial charge in [0.1, 0.15) is 5.75 Å². The lowest BCUT2D eigenvalue weighted by Crippen LogP contribution is -2.34. The number of rotatable bonds is 0. The van der Waals surface area contributed by atoms with Crippen molar-refractivity contribution < 1.29 is 24.9 Å². The Balaban J connectivity index is 0.000000212. The topological polar surface area (TPSA) is 98.1 Å². The molecule has 0 saturated heterocycles. The van der Waals surface area contributed by atoms with Gasteiger partial charge in [0.05, 0.1) is 0 Å². The highest BCUT2D eigenvalue weighted by atomic mass is 16.4. The van der Waals surface area contributed by atoms with E-state index in [0.717, 1.165) is 6.42 Å². The maximum absolute atomic E-state index is 9.79. The second-order valence-corrected chi connectivity index (χ2v) is 4.88. The summed E-state index contributed by atoms with van der Waals surface area (Å²) in [6.07, 6.45) is 4.67.